The molecule has 0 atom stereocenters. The van der Waals surface area contributed by atoms with Gasteiger partial charge in [0.05, 0.1) is 0 Å². The first-order valence-corrected chi connectivity index (χ1v) is 17.9. The third-order valence-corrected chi connectivity index (χ3v) is 9.42. The molecule has 50 heavy (non-hydrogen) atoms. The fourth-order valence-corrected chi connectivity index (χ4v) is 6.48. The van der Waals surface area contributed by atoms with E-state index in [-0.39, 0.29) is 0 Å². The molecule has 0 bridgehead atoms. The molecule has 6 rings (SSSR count). The van der Waals surface area contributed by atoms with Crippen LogP contribution in [0.25, 0.3) is 11.1 Å². The number of rotatable bonds is 13. The van der Waals surface area contributed by atoms with Gasteiger partial charge in [0.2, 0.25) is 0 Å². The molecule has 2 nitrogen and oxygen atoms in total. The van der Waals surface area contributed by atoms with Crippen molar-refractivity contribution >= 4 is 22.5 Å². The zero-order valence-corrected chi connectivity index (χ0v) is 29.9. The van der Waals surface area contributed by atoms with E-state index in [1.165, 1.54) is 67.0 Å². The maximum Gasteiger partial charge on any atom is 0.0433 e. The average Bonchev–Trinajstić information content (AvgIpc) is 3.17. The molecule has 0 radical (unpaired) electrons. The van der Waals surface area contributed by atoms with E-state index in [0.717, 1.165) is 26.2 Å². The van der Waals surface area contributed by atoms with Gasteiger partial charge < -0.3 is 9.80 Å². The minimum atomic E-state index is 0.837. The summed E-state index contributed by atoms with van der Waals surface area (Å²) in [4.78, 5) is 4.87. The average molecular weight is 653 g/mol. The van der Waals surface area contributed by atoms with Crippen molar-refractivity contribution in [1.82, 2.24) is 0 Å². The van der Waals surface area contributed by atoms with Gasteiger partial charge in [-0.1, -0.05) is 157 Å². The summed E-state index contributed by atoms with van der Waals surface area (Å²) in [6.45, 7) is 12.4. The van der Waals surface area contributed by atoms with E-state index in [9.17, 15) is 0 Å². The summed E-state index contributed by atoms with van der Waals surface area (Å²) >= 11 is 0. The summed E-state index contributed by atoms with van der Waals surface area (Å²) < 4.78 is 0. The van der Waals surface area contributed by atoms with Gasteiger partial charge in [0.25, 0.3) is 0 Å². The minimum Gasteiger partial charge on any atom is -0.372 e. The Balaban J connectivity index is 1.41. The Labute approximate surface area is 299 Å². The number of benzene rings is 6. The topological polar surface area (TPSA) is 6.48 Å². The van der Waals surface area contributed by atoms with Gasteiger partial charge in [-0.05, 0) is 96.5 Å². The summed E-state index contributed by atoms with van der Waals surface area (Å²) in [5.74, 6) is 0. The van der Waals surface area contributed by atoms with Crippen LogP contribution in [0, 0.1) is 13.8 Å². The van der Waals surface area contributed by atoms with Gasteiger partial charge in [-0.2, -0.15) is 0 Å². The molecule has 0 amide bonds. The Bertz CT molecular complexity index is 1890. The number of anilines is 2. The van der Waals surface area contributed by atoms with Crippen LogP contribution in [0.2, 0.25) is 0 Å². The van der Waals surface area contributed by atoms with E-state index in [4.69, 9.17) is 0 Å². The van der Waals surface area contributed by atoms with Gasteiger partial charge in [0.15, 0.2) is 0 Å². The van der Waals surface area contributed by atoms with Crippen LogP contribution in [-0.2, 0) is 13.1 Å². The molecule has 250 valence electrons. The quantitative estimate of drug-likeness (QED) is 0.115. The zero-order valence-electron chi connectivity index (χ0n) is 29.9. The van der Waals surface area contributed by atoms with Crippen LogP contribution in [0.4, 0.5) is 11.4 Å². The van der Waals surface area contributed by atoms with Crippen LogP contribution in [0.3, 0.4) is 0 Å². The fraction of sp³-hybridized carbons (Fsp3) is 0.167. The molecule has 6 aromatic rings. The molecule has 0 fully saturated rings. The third kappa shape index (κ3) is 8.70. The summed E-state index contributed by atoms with van der Waals surface area (Å²) in [6, 6.07) is 57.4. The largest absolute Gasteiger partial charge is 0.372 e. The Morgan fingerprint density at radius 2 is 0.740 bits per heavy atom. The highest BCUT2D eigenvalue weighted by Gasteiger charge is 2.13. The lowest BCUT2D eigenvalue weighted by atomic mass is 9.93. The van der Waals surface area contributed by atoms with Crippen LogP contribution in [0.1, 0.15) is 58.4 Å². The van der Waals surface area contributed by atoms with Crippen LogP contribution >= 0.6 is 0 Å². The third-order valence-electron chi connectivity index (χ3n) is 9.42. The molecule has 0 unspecified atom stereocenters. The van der Waals surface area contributed by atoms with Crippen LogP contribution in [-0.4, -0.2) is 13.1 Å². The molecule has 0 saturated heterocycles. The molecule has 0 aliphatic carbocycles. The van der Waals surface area contributed by atoms with E-state index in [2.05, 4.69) is 207 Å². The molecule has 0 aliphatic heterocycles. The van der Waals surface area contributed by atoms with Gasteiger partial charge in [-0.3, -0.25) is 0 Å². The minimum absolute atomic E-state index is 0.837. The first kappa shape index (κ1) is 34.3. The van der Waals surface area contributed by atoms with Crippen LogP contribution < -0.4 is 9.80 Å². The van der Waals surface area contributed by atoms with Crippen molar-refractivity contribution in [1.29, 1.82) is 0 Å². The molecule has 0 aliphatic rings. The maximum absolute atomic E-state index is 2.48. The summed E-state index contributed by atoms with van der Waals surface area (Å²) in [5, 5.41) is 0. The normalized spacial score (nSPS) is 11.2. The number of aryl methyl sites for hydroxylation is 2. The molecular formula is C48H48N2. The van der Waals surface area contributed by atoms with Crippen molar-refractivity contribution in [3.05, 3.63) is 214 Å². The lowest BCUT2D eigenvalue weighted by Gasteiger charge is -2.26. The Kier molecular flexibility index (Phi) is 11.4. The highest BCUT2D eigenvalue weighted by Crippen LogP contribution is 2.31. The van der Waals surface area contributed by atoms with Gasteiger partial charge >= 0.3 is 0 Å². The first-order valence-electron chi connectivity index (χ1n) is 17.9. The molecule has 0 aromatic heterocycles. The van der Waals surface area contributed by atoms with Crippen LogP contribution in [0.5, 0.6) is 0 Å². The first-order chi connectivity index (χ1) is 24.5. The highest BCUT2D eigenvalue weighted by atomic mass is 15.1. The maximum atomic E-state index is 2.48. The Morgan fingerprint density at radius 3 is 1.10 bits per heavy atom. The van der Waals surface area contributed by atoms with E-state index in [1.807, 2.05) is 0 Å². The van der Waals surface area contributed by atoms with Crippen molar-refractivity contribution in [2.45, 2.75) is 40.8 Å². The second-order valence-corrected chi connectivity index (χ2v) is 13.0. The van der Waals surface area contributed by atoms with Crippen LogP contribution in [0.15, 0.2) is 170 Å². The second kappa shape index (κ2) is 16.7. The lowest BCUT2D eigenvalue weighted by Crippen LogP contribution is -2.22. The van der Waals surface area contributed by atoms with Gasteiger partial charge in [-0.15, -0.1) is 0 Å². The molecular weight excluding hydrogens is 605 g/mol. The smallest absolute Gasteiger partial charge is 0.0433 e. The van der Waals surface area contributed by atoms with E-state index < -0.39 is 0 Å². The zero-order chi connectivity index (χ0) is 34.7. The molecule has 0 N–H and O–H groups in total. The van der Waals surface area contributed by atoms with E-state index >= 15 is 0 Å². The van der Waals surface area contributed by atoms with Crippen molar-refractivity contribution in [2.24, 2.45) is 0 Å². The number of hydrogen-bond donors (Lipinski definition) is 0. The van der Waals surface area contributed by atoms with Crippen molar-refractivity contribution in [2.75, 3.05) is 22.9 Å². The fourth-order valence-electron chi connectivity index (χ4n) is 6.48. The Morgan fingerprint density at radius 1 is 0.400 bits per heavy atom. The molecule has 0 spiro atoms. The van der Waals surface area contributed by atoms with Gasteiger partial charge in [-0.25, -0.2) is 0 Å². The monoisotopic (exact) mass is 652 g/mol. The van der Waals surface area contributed by atoms with Crippen molar-refractivity contribution in [3.63, 3.8) is 0 Å². The number of allylic oxidation sites excluding steroid dienone is 2. The second-order valence-electron chi connectivity index (χ2n) is 13.0. The molecule has 6 aromatic carbocycles. The summed E-state index contributed by atoms with van der Waals surface area (Å²) in [7, 11) is 0. The van der Waals surface area contributed by atoms with Gasteiger partial charge in [0, 0.05) is 37.6 Å². The van der Waals surface area contributed by atoms with E-state index in [1.54, 1.807) is 0 Å². The molecule has 0 saturated carbocycles. The Hall–Kier alpha value is -5.60. The van der Waals surface area contributed by atoms with Crippen molar-refractivity contribution < 1.29 is 0 Å². The van der Waals surface area contributed by atoms with Gasteiger partial charge in [0.1, 0.15) is 0 Å². The van der Waals surface area contributed by atoms with E-state index in [0.29, 0.717) is 0 Å². The summed E-state index contributed by atoms with van der Waals surface area (Å²) in [5.41, 5.74) is 14.8. The SMILES string of the molecule is CCN(CC)c1ccc(C(=CC=C(c2ccccc2)c2ccccc2)c2ccc(N(Cc3ccc(C)cc3)Cc3ccc(C)cc3)cc2)cc1. The summed E-state index contributed by atoms with van der Waals surface area (Å²) in [6.07, 6.45) is 4.58. The predicted molar refractivity (Wildman–Crippen MR) is 216 cm³/mol. The highest BCUT2D eigenvalue weighted by molar-refractivity contribution is 5.86. The number of nitrogens with zero attached hydrogens (tertiary/aromatic N) is 2. The number of hydrogen-bond acceptors (Lipinski definition) is 2. The predicted octanol–water partition coefficient (Wildman–Crippen LogP) is 11.9. The van der Waals surface area contributed by atoms with Crippen molar-refractivity contribution in [3.8, 4) is 0 Å². The lowest BCUT2D eigenvalue weighted by molar-refractivity contribution is 0.799. The standard InChI is InChI=1S/C48H48N2/c1-5-49(6-2)45-29-25-43(26-30-45)48(34-33-47(41-13-9-7-10-14-41)42-15-11-8-12-16-42)44-27-31-46(32-28-44)50(35-39-21-17-37(3)18-22-39)36-40-23-19-38(4)20-24-40/h7-34H,5-6,35-36H2,1-4H3. The molecule has 0 heterocycles. The molecule has 2 heteroatoms.